The molecule has 0 aliphatic heterocycles. The zero-order valence-corrected chi connectivity index (χ0v) is 16.8. The summed E-state index contributed by atoms with van der Waals surface area (Å²) in [7, 11) is 0. The lowest BCUT2D eigenvalue weighted by atomic mass is 10.1. The van der Waals surface area contributed by atoms with Crippen molar-refractivity contribution in [2.75, 3.05) is 0 Å². The van der Waals surface area contributed by atoms with Gasteiger partial charge in [-0.1, -0.05) is 24.8 Å². The molecule has 0 aromatic carbocycles. The molecule has 0 saturated carbocycles. The lowest BCUT2D eigenvalue weighted by Gasteiger charge is -2.07. The number of hydrogen-bond acceptors (Lipinski definition) is 5. The molecule has 4 aromatic heterocycles. The van der Waals surface area contributed by atoms with Crippen molar-refractivity contribution in [1.29, 1.82) is 0 Å². The highest BCUT2D eigenvalue weighted by Crippen LogP contribution is 2.33. The minimum Gasteiger partial charge on any atom is -0.307 e. The first-order chi connectivity index (χ1) is 12.7. The molecule has 0 amide bonds. The molecule has 4 rings (SSSR count). The van der Waals surface area contributed by atoms with Gasteiger partial charge in [0.1, 0.15) is 5.65 Å². The number of fused-ring (bicyclic) bond motifs is 1. The summed E-state index contributed by atoms with van der Waals surface area (Å²) in [6, 6.07) is 6.04. The van der Waals surface area contributed by atoms with E-state index in [0.717, 1.165) is 41.0 Å². The summed E-state index contributed by atoms with van der Waals surface area (Å²) in [4.78, 5) is 6.03. The van der Waals surface area contributed by atoms with Crippen LogP contribution in [0.4, 0.5) is 0 Å². The number of thiophene rings is 1. The Labute approximate surface area is 161 Å². The number of nitrogens with zero attached hydrogens (tertiary/aromatic N) is 5. The smallest absolute Gasteiger partial charge is 0.191 e. The van der Waals surface area contributed by atoms with Gasteiger partial charge in [-0.3, -0.25) is 0 Å². The lowest BCUT2D eigenvalue weighted by molar-refractivity contribution is 0.687. The molecule has 26 heavy (non-hydrogen) atoms. The van der Waals surface area contributed by atoms with Crippen LogP contribution in [-0.2, 0) is 18.7 Å². The second kappa shape index (κ2) is 7.25. The number of thioether (sulfide) groups is 1. The van der Waals surface area contributed by atoms with E-state index < -0.39 is 0 Å². The van der Waals surface area contributed by atoms with Crippen LogP contribution >= 0.6 is 23.1 Å². The van der Waals surface area contributed by atoms with Crippen molar-refractivity contribution in [2.45, 2.75) is 44.6 Å². The second-order valence-electron chi connectivity index (χ2n) is 6.08. The van der Waals surface area contributed by atoms with Gasteiger partial charge in [-0.2, -0.15) is 0 Å². The SMILES string of the molecule is CCc1c(-c2nnc(SCc3cn4ccccc4n3)n2CC)csc1C. The van der Waals surface area contributed by atoms with Gasteiger partial charge < -0.3 is 8.97 Å². The molecular formula is C19H21N5S2. The van der Waals surface area contributed by atoms with Crippen LogP contribution in [0.15, 0.2) is 41.1 Å². The monoisotopic (exact) mass is 383 g/mol. The molecule has 7 heteroatoms. The summed E-state index contributed by atoms with van der Waals surface area (Å²) in [5.74, 6) is 1.76. The van der Waals surface area contributed by atoms with Crippen LogP contribution in [0.5, 0.6) is 0 Å². The van der Waals surface area contributed by atoms with Gasteiger partial charge in [0, 0.05) is 40.5 Å². The van der Waals surface area contributed by atoms with Crippen molar-refractivity contribution in [1.82, 2.24) is 24.1 Å². The molecule has 0 unspecified atom stereocenters. The van der Waals surface area contributed by atoms with Crippen LogP contribution in [0.3, 0.4) is 0 Å². The Kier molecular flexibility index (Phi) is 4.82. The molecule has 134 valence electrons. The van der Waals surface area contributed by atoms with Crippen molar-refractivity contribution in [2.24, 2.45) is 0 Å². The van der Waals surface area contributed by atoms with Crippen molar-refractivity contribution in [3.63, 3.8) is 0 Å². The predicted octanol–water partition coefficient (Wildman–Crippen LogP) is 4.84. The predicted molar refractivity (Wildman–Crippen MR) is 108 cm³/mol. The van der Waals surface area contributed by atoms with Crippen molar-refractivity contribution >= 4 is 28.7 Å². The average molecular weight is 384 g/mol. The molecule has 0 N–H and O–H groups in total. The normalized spacial score (nSPS) is 11.5. The standard InChI is InChI=1S/C19H21N5S2/c1-4-15-13(3)25-12-16(15)18-21-22-19(24(18)5-2)26-11-14-10-23-9-7-6-8-17(23)20-14/h6-10,12H,4-5,11H2,1-3H3. The molecule has 0 bridgehead atoms. The Balaban J connectivity index is 1.60. The molecular weight excluding hydrogens is 362 g/mol. The third-order valence-electron chi connectivity index (χ3n) is 4.49. The topological polar surface area (TPSA) is 48.0 Å². The highest BCUT2D eigenvalue weighted by Gasteiger charge is 2.18. The van der Waals surface area contributed by atoms with Crippen LogP contribution in [-0.4, -0.2) is 24.1 Å². The van der Waals surface area contributed by atoms with E-state index >= 15 is 0 Å². The molecule has 4 heterocycles. The molecule has 0 saturated heterocycles. The van der Waals surface area contributed by atoms with Crippen LogP contribution < -0.4 is 0 Å². The van der Waals surface area contributed by atoms with E-state index in [9.17, 15) is 0 Å². The first-order valence-electron chi connectivity index (χ1n) is 8.77. The van der Waals surface area contributed by atoms with Gasteiger partial charge >= 0.3 is 0 Å². The van der Waals surface area contributed by atoms with Gasteiger partial charge in [-0.05, 0) is 38.0 Å². The Morgan fingerprint density at radius 3 is 2.85 bits per heavy atom. The third kappa shape index (κ3) is 3.05. The zero-order valence-electron chi connectivity index (χ0n) is 15.1. The fourth-order valence-corrected chi connectivity index (χ4v) is 5.01. The number of pyridine rings is 1. The maximum atomic E-state index is 4.67. The molecule has 5 nitrogen and oxygen atoms in total. The van der Waals surface area contributed by atoms with Crippen molar-refractivity contribution in [3.8, 4) is 11.4 Å². The first kappa shape index (κ1) is 17.3. The third-order valence-corrected chi connectivity index (χ3v) is 6.45. The van der Waals surface area contributed by atoms with E-state index in [1.54, 1.807) is 23.1 Å². The maximum absolute atomic E-state index is 4.67. The Morgan fingerprint density at radius 1 is 1.19 bits per heavy atom. The largest absolute Gasteiger partial charge is 0.307 e. The van der Waals surface area contributed by atoms with Gasteiger partial charge in [0.2, 0.25) is 0 Å². The quantitative estimate of drug-likeness (QED) is 0.447. The van der Waals surface area contributed by atoms with Gasteiger partial charge in [0.05, 0.1) is 5.69 Å². The molecule has 0 aliphatic rings. The van der Waals surface area contributed by atoms with Gasteiger partial charge in [-0.15, -0.1) is 21.5 Å². The minimum atomic E-state index is 0.781. The van der Waals surface area contributed by atoms with E-state index in [-0.39, 0.29) is 0 Å². The first-order valence-corrected chi connectivity index (χ1v) is 10.6. The van der Waals surface area contributed by atoms with Crippen molar-refractivity contribution < 1.29 is 0 Å². The van der Waals surface area contributed by atoms with E-state index in [1.165, 1.54) is 16.0 Å². The van der Waals surface area contributed by atoms with E-state index in [4.69, 9.17) is 0 Å². The minimum absolute atomic E-state index is 0.781. The Morgan fingerprint density at radius 2 is 2.08 bits per heavy atom. The lowest BCUT2D eigenvalue weighted by Crippen LogP contribution is -2.00. The number of imidazole rings is 1. The molecule has 0 aliphatic carbocycles. The highest BCUT2D eigenvalue weighted by atomic mass is 32.2. The van der Waals surface area contributed by atoms with Crippen LogP contribution in [0.1, 0.15) is 30.0 Å². The summed E-state index contributed by atoms with van der Waals surface area (Å²) in [5.41, 5.74) is 4.63. The molecule has 0 fully saturated rings. The van der Waals surface area contributed by atoms with Crippen molar-refractivity contribution in [3.05, 3.63) is 52.1 Å². The summed E-state index contributed by atoms with van der Waals surface area (Å²) in [6.45, 7) is 7.38. The summed E-state index contributed by atoms with van der Waals surface area (Å²) < 4.78 is 4.26. The van der Waals surface area contributed by atoms with Gasteiger partial charge in [0.25, 0.3) is 0 Å². The zero-order chi connectivity index (χ0) is 18.1. The average Bonchev–Trinajstić information content (AvgIpc) is 3.34. The van der Waals surface area contributed by atoms with E-state index in [0.29, 0.717) is 0 Å². The second-order valence-corrected chi connectivity index (χ2v) is 8.10. The van der Waals surface area contributed by atoms with E-state index in [2.05, 4.69) is 52.1 Å². The van der Waals surface area contributed by atoms with Crippen LogP contribution in [0.2, 0.25) is 0 Å². The number of hydrogen-bond donors (Lipinski definition) is 0. The van der Waals surface area contributed by atoms with Crippen LogP contribution in [0.25, 0.3) is 17.0 Å². The summed E-state index contributed by atoms with van der Waals surface area (Å²) in [6.07, 6.45) is 5.12. The summed E-state index contributed by atoms with van der Waals surface area (Å²) >= 11 is 3.48. The number of rotatable bonds is 6. The number of aryl methyl sites for hydroxylation is 1. The molecule has 4 aromatic rings. The van der Waals surface area contributed by atoms with E-state index in [1.807, 2.05) is 28.8 Å². The molecule has 0 radical (unpaired) electrons. The van der Waals surface area contributed by atoms with Gasteiger partial charge in [-0.25, -0.2) is 4.98 Å². The Hall–Kier alpha value is -2.12. The summed E-state index contributed by atoms with van der Waals surface area (Å²) in [5, 5.41) is 12.1. The maximum Gasteiger partial charge on any atom is 0.191 e. The molecule has 0 spiro atoms. The van der Waals surface area contributed by atoms with Gasteiger partial charge in [0.15, 0.2) is 11.0 Å². The van der Waals surface area contributed by atoms with Crippen LogP contribution in [0, 0.1) is 6.92 Å². The number of aromatic nitrogens is 5. The highest BCUT2D eigenvalue weighted by molar-refractivity contribution is 7.98. The fourth-order valence-electron chi connectivity index (χ4n) is 3.18. The fraction of sp³-hybridized carbons (Fsp3) is 0.316. The Bertz CT molecular complexity index is 1010. The molecule has 0 atom stereocenters.